The van der Waals surface area contributed by atoms with Crippen molar-refractivity contribution in [3.8, 4) is 0 Å². The molecule has 114 valence electrons. The van der Waals surface area contributed by atoms with Gasteiger partial charge in [0.2, 0.25) is 5.28 Å². The lowest BCUT2D eigenvalue weighted by Crippen LogP contribution is -2.16. The molecule has 0 saturated heterocycles. The highest BCUT2D eigenvalue weighted by molar-refractivity contribution is 6.28. The van der Waals surface area contributed by atoms with Gasteiger partial charge in [0.25, 0.3) is 0 Å². The fraction of sp³-hybridized carbons (Fsp3) is 0.286. The van der Waals surface area contributed by atoms with Gasteiger partial charge in [-0.25, -0.2) is 4.68 Å². The summed E-state index contributed by atoms with van der Waals surface area (Å²) in [5.41, 5.74) is 2.03. The van der Waals surface area contributed by atoms with Crippen molar-refractivity contribution in [2.45, 2.75) is 19.5 Å². The van der Waals surface area contributed by atoms with Crippen LogP contribution in [-0.4, -0.2) is 36.7 Å². The number of nitrogens with zero attached hydrogens (tertiary/aromatic N) is 5. The van der Waals surface area contributed by atoms with Crippen molar-refractivity contribution in [1.29, 1.82) is 0 Å². The average molecular weight is 319 g/mol. The van der Waals surface area contributed by atoms with Gasteiger partial charge in [-0.05, 0) is 24.1 Å². The average Bonchev–Trinajstić information content (AvgIpc) is 2.96. The van der Waals surface area contributed by atoms with Crippen molar-refractivity contribution < 1.29 is 5.11 Å². The summed E-state index contributed by atoms with van der Waals surface area (Å²) < 4.78 is 1.64. The Morgan fingerprint density at radius 3 is 2.73 bits per heavy atom. The number of benzene rings is 1. The van der Waals surface area contributed by atoms with Gasteiger partial charge in [0, 0.05) is 6.54 Å². The standard InChI is InChI=1S/C14H15ClN6O/c1-2-21-13-11(19-20-21)12(17-14(15)18-13)16-10(8-22)9-6-4-3-5-7-9/h3-7,10,22H,2,8H2,1H3,(H,16,17,18)/t10-/m0/s1. The van der Waals surface area contributed by atoms with E-state index >= 15 is 0 Å². The molecule has 2 aromatic heterocycles. The summed E-state index contributed by atoms with van der Waals surface area (Å²) in [6, 6.07) is 9.28. The van der Waals surface area contributed by atoms with Crippen LogP contribution in [-0.2, 0) is 6.54 Å². The van der Waals surface area contributed by atoms with Gasteiger partial charge in [0.1, 0.15) is 0 Å². The Hall–Kier alpha value is -2.25. The highest BCUT2D eigenvalue weighted by Crippen LogP contribution is 2.24. The molecule has 0 spiro atoms. The summed E-state index contributed by atoms with van der Waals surface area (Å²) in [6.45, 7) is 2.48. The van der Waals surface area contributed by atoms with Crippen LogP contribution in [0, 0.1) is 0 Å². The van der Waals surface area contributed by atoms with Crippen LogP contribution in [0.3, 0.4) is 0 Å². The van der Waals surface area contributed by atoms with Crippen LogP contribution >= 0.6 is 11.6 Å². The zero-order valence-electron chi connectivity index (χ0n) is 11.9. The molecule has 1 atom stereocenters. The van der Waals surface area contributed by atoms with Gasteiger partial charge >= 0.3 is 0 Å². The van der Waals surface area contributed by atoms with E-state index in [2.05, 4.69) is 25.6 Å². The molecule has 0 radical (unpaired) electrons. The SMILES string of the molecule is CCn1nnc2c(N[C@@H](CO)c3ccccc3)nc(Cl)nc21. The fourth-order valence-electron chi connectivity index (χ4n) is 2.23. The van der Waals surface area contributed by atoms with Crippen LogP contribution in [0.15, 0.2) is 30.3 Å². The molecule has 0 saturated carbocycles. The molecule has 3 aromatic rings. The second-order valence-corrected chi connectivity index (χ2v) is 5.05. The Morgan fingerprint density at radius 2 is 2.05 bits per heavy atom. The highest BCUT2D eigenvalue weighted by Gasteiger charge is 2.17. The number of hydrogen-bond donors (Lipinski definition) is 2. The lowest BCUT2D eigenvalue weighted by molar-refractivity contribution is 0.276. The molecule has 0 aliphatic rings. The molecule has 3 rings (SSSR count). The third kappa shape index (κ3) is 2.72. The lowest BCUT2D eigenvalue weighted by Gasteiger charge is -2.17. The molecule has 2 N–H and O–H groups in total. The third-order valence-electron chi connectivity index (χ3n) is 3.33. The predicted molar refractivity (Wildman–Crippen MR) is 83.7 cm³/mol. The first-order valence-corrected chi connectivity index (χ1v) is 7.29. The van der Waals surface area contributed by atoms with Crippen molar-refractivity contribution in [2.24, 2.45) is 0 Å². The van der Waals surface area contributed by atoms with E-state index in [1.807, 2.05) is 37.3 Å². The van der Waals surface area contributed by atoms with E-state index in [1.165, 1.54) is 0 Å². The predicted octanol–water partition coefficient (Wildman–Crippen LogP) is 2.04. The van der Waals surface area contributed by atoms with Gasteiger partial charge in [0.15, 0.2) is 17.0 Å². The number of aryl methyl sites for hydroxylation is 1. The van der Waals surface area contributed by atoms with E-state index in [1.54, 1.807) is 4.68 Å². The molecule has 0 aliphatic heterocycles. The molecule has 0 aliphatic carbocycles. The summed E-state index contributed by atoms with van der Waals surface area (Å²) in [6.07, 6.45) is 0. The topological polar surface area (TPSA) is 88.8 Å². The number of fused-ring (bicyclic) bond motifs is 1. The number of halogens is 1. The van der Waals surface area contributed by atoms with Crippen molar-refractivity contribution in [2.75, 3.05) is 11.9 Å². The van der Waals surface area contributed by atoms with E-state index < -0.39 is 0 Å². The number of aliphatic hydroxyl groups is 1. The molecule has 0 amide bonds. The molecule has 0 unspecified atom stereocenters. The summed E-state index contributed by atoms with van der Waals surface area (Å²) in [7, 11) is 0. The smallest absolute Gasteiger partial charge is 0.226 e. The summed E-state index contributed by atoms with van der Waals surface area (Å²) >= 11 is 5.99. The van der Waals surface area contributed by atoms with Crippen LogP contribution < -0.4 is 5.32 Å². The maximum Gasteiger partial charge on any atom is 0.226 e. The lowest BCUT2D eigenvalue weighted by atomic mass is 10.1. The first-order valence-electron chi connectivity index (χ1n) is 6.92. The Balaban J connectivity index is 2.01. The molecular formula is C14H15ClN6O. The first kappa shape index (κ1) is 14.7. The second-order valence-electron chi connectivity index (χ2n) is 4.71. The summed E-state index contributed by atoms with van der Waals surface area (Å²) in [5.74, 6) is 0.456. The Labute approximate surface area is 132 Å². The van der Waals surface area contributed by atoms with Crippen LogP contribution in [0.1, 0.15) is 18.5 Å². The quantitative estimate of drug-likeness (QED) is 0.700. The fourth-order valence-corrected chi connectivity index (χ4v) is 2.39. The Kier molecular flexibility index (Phi) is 4.17. The molecule has 1 aromatic carbocycles. The molecule has 8 heteroatoms. The van der Waals surface area contributed by atoms with Crippen LogP contribution in [0.4, 0.5) is 5.82 Å². The number of aliphatic hydroxyl groups excluding tert-OH is 1. The summed E-state index contributed by atoms with van der Waals surface area (Å²) in [5, 5.41) is 21.0. The van der Waals surface area contributed by atoms with Crippen molar-refractivity contribution >= 4 is 28.6 Å². The van der Waals surface area contributed by atoms with Crippen molar-refractivity contribution in [1.82, 2.24) is 25.0 Å². The molecule has 7 nitrogen and oxygen atoms in total. The van der Waals surface area contributed by atoms with E-state index in [0.717, 1.165) is 5.56 Å². The minimum atomic E-state index is -0.317. The van der Waals surface area contributed by atoms with Gasteiger partial charge in [-0.1, -0.05) is 35.5 Å². The largest absolute Gasteiger partial charge is 0.394 e. The van der Waals surface area contributed by atoms with E-state index in [0.29, 0.717) is 23.5 Å². The molecule has 22 heavy (non-hydrogen) atoms. The van der Waals surface area contributed by atoms with Crippen LogP contribution in [0.2, 0.25) is 5.28 Å². The maximum absolute atomic E-state index is 9.65. The van der Waals surface area contributed by atoms with Gasteiger partial charge in [-0.15, -0.1) is 5.10 Å². The molecular weight excluding hydrogens is 304 g/mol. The maximum atomic E-state index is 9.65. The van der Waals surface area contributed by atoms with Gasteiger partial charge in [-0.3, -0.25) is 0 Å². The molecule has 0 bridgehead atoms. The van der Waals surface area contributed by atoms with Gasteiger partial charge in [0.05, 0.1) is 12.6 Å². The number of aromatic nitrogens is 5. The van der Waals surface area contributed by atoms with Crippen LogP contribution in [0.5, 0.6) is 0 Å². The zero-order chi connectivity index (χ0) is 15.5. The van der Waals surface area contributed by atoms with E-state index in [-0.39, 0.29) is 17.9 Å². The number of nitrogens with one attached hydrogen (secondary N) is 1. The summed E-state index contributed by atoms with van der Waals surface area (Å²) in [4.78, 5) is 8.34. The van der Waals surface area contributed by atoms with Gasteiger partial charge < -0.3 is 10.4 Å². The first-order chi connectivity index (χ1) is 10.7. The van der Waals surface area contributed by atoms with Gasteiger partial charge in [-0.2, -0.15) is 9.97 Å². The Bertz CT molecular complexity index is 776. The monoisotopic (exact) mass is 318 g/mol. The highest BCUT2D eigenvalue weighted by atomic mass is 35.5. The number of hydrogen-bond acceptors (Lipinski definition) is 6. The van der Waals surface area contributed by atoms with Crippen molar-refractivity contribution in [3.05, 3.63) is 41.2 Å². The zero-order valence-corrected chi connectivity index (χ0v) is 12.7. The number of rotatable bonds is 5. The van der Waals surface area contributed by atoms with Crippen LogP contribution in [0.25, 0.3) is 11.2 Å². The van der Waals surface area contributed by atoms with E-state index in [9.17, 15) is 5.11 Å². The minimum Gasteiger partial charge on any atom is -0.394 e. The van der Waals surface area contributed by atoms with E-state index in [4.69, 9.17) is 11.6 Å². The second kappa shape index (κ2) is 6.25. The normalized spacial score (nSPS) is 12.5. The molecule has 0 fully saturated rings. The van der Waals surface area contributed by atoms with Crippen molar-refractivity contribution in [3.63, 3.8) is 0 Å². The Morgan fingerprint density at radius 1 is 1.27 bits per heavy atom. The minimum absolute atomic E-state index is 0.0883. The number of anilines is 1. The third-order valence-corrected chi connectivity index (χ3v) is 3.50. The molecule has 2 heterocycles.